The van der Waals surface area contributed by atoms with Crippen molar-refractivity contribution in [2.45, 2.75) is 225 Å². The van der Waals surface area contributed by atoms with E-state index < -0.39 is 42.5 Å². The molecule has 0 fully saturated rings. The molecule has 866 valence electrons. The third-order valence-corrected chi connectivity index (χ3v) is 22.4. The zero-order chi connectivity index (χ0) is 105. The van der Waals surface area contributed by atoms with E-state index >= 15 is 0 Å². The van der Waals surface area contributed by atoms with Crippen LogP contribution in [-0.4, -0.2) is 467 Å². The Kier molecular flexibility index (Phi) is 121. The van der Waals surface area contributed by atoms with Gasteiger partial charge in [0.2, 0.25) is 23.6 Å². The number of hydrogen-bond donors (Lipinski definition) is 6. The lowest BCUT2D eigenvalue weighted by molar-refractivity contribution is -0.150. The summed E-state index contributed by atoms with van der Waals surface area (Å²) >= 11 is 1.33. The third kappa shape index (κ3) is 119. The fourth-order valence-electron chi connectivity index (χ4n) is 13.1. The summed E-state index contributed by atoms with van der Waals surface area (Å²) in [6.45, 7) is 28.3. The maximum absolute atomic E-state index is 13.1. The van der Waals surface area contributed by atoms with Gasteiger partial charge in [-0.3, -0.25) is 28.8 Å². The van der Waals surface area contributed by atoms with Crippen LogP contribution in [-0.2, 0) is 171 Å². The fraction of sp³-hybridized carbons (Fsp3) is 0.942. The van der Waals surface area contributed by atoms with Crippen molar-refractivity contribution in [1.82, 2.24) is 16.0 Å². The largest absolute Gasteiger partial charge is 0.466 e. The maximum atomic E-state index is 13.1. The monoisotopic (exact) mass is 2130 g/mol. The molecule has 0 aromatic carbocycles. The molecule has 146 heavy (non-hydrogen) atoms. The Morgan fingerprint density at radius 2 is 0.473 bits per heavy atom. The molecule has 0 spiro atoms. The van der Waals surface area contributed by atoms with Crippen LogP contribution in [0.15, 0.2) is 0 Å². The highest BCUT2D eigenvalue weighted by atomic mass is 32.2. The van der Waals surface area contributed by atoms with Gasteiger partial charge in [-0.05, 0) is 12.8 Å². The molecule has 43 heteroatoms. The van der Waals surface area contributed by atoms with E-state index in [2.05, 4.69) is 29.8 Å². The number of aliphatic hydroxyl groups excluding tert-OH is 1. The van der Waals surface area contributed by atoms with Gasteiger partial charge >= 0.3 is 11.9 Å². The van der Waals surface area contributed by atoms with E-state index in [4.69, 9.17) is 154 Å². The SMILES string of the molecule is CCCCCCCCCCCCCCCC(=O)OCC[C@H](CSC[C@H](N)C(=O)N[C@@H](CO)C(=O)NCCOCCOCCOCCOCCOCCOCCOCCOCCOCCOCCOCCOCCOCCOCCOCCOCCOCCOCCOCCOCCOCCOCCOCCOCCOCCOCCOCCOCCC(=O)NCC(N)=O)OC(=O)CCCCCCCCCCCCCCC. The van der Waals surface area contributed by atoms with Crippen LogP contribution in [0.2, 0.25) is 0 Å². The molecule has 0 unspecified atom stereocenters. The van der Waals surface area contributed by atoms with E-state index in [0.717, 1.165) is 38.5 Å². The first-order chi connectivity index (χ1) is 72.0. The quantitative estimate of drug-likeness (QED) is 0.0249. The number of carbonyl (C=O) groups excluding carboxylic acids is 6. The number of esters is 2. The van der Waals surface area contributed by atoms with Gasteiger partial charge in [-0.25, -0.2) is 0 Å². The number of unbranched alkanes of at least 4 members (excludes halogenated alkanes) is 24. The van der Waals surface area contributed by atoms with Crippen molar-refractivity contribution in [3.05, 3.63) is 0 Å². The van der Waals surface area contributed by atoms with Crippen LogP contribution < -0.4 is 27.4 Å². The first kappa shape index (κ1) is 142. The zero-order valence-corrected chi connectivity index (χ0v) is 90.8. The Balaban J connectivity index is 3.55. The standard InChI is InChI=1S/C103H201N5O37S/c1-3-5-7-9-11-13-15-17-19-21-23-25-27-29-100(112)144-35-31-95(145-101(113)30-28-26-24-22-20-18-16-14-12-10-8-6-4-2)93-146-94-96(104)102(114)108-97(92-109)103(115)106-33-36-117-38-40-119-42-44-121-46-48-123-50-52-125-54-56-127-58-60-129-62-64-131-66-68-133-70-72-135-74-76-137-78-80-139-82-84-141-86-88-143-90-89-142-87-85-140-83-81-138-79-77-136-75-73-134-71-69-132-67-65-130-63-61-128-59-57-126-55-53-124-51-49-122-47-45-120-43-41-118-39-37-116-34-32-99(111)107-91-98(105)110/h95-97,109H,3-94,104H2,1-2H3,(H2,105,110)(H,106,115)(H,107,111)(H,108,114)/t95-,96+,97+/m1/s1. The van der Waals surface area contributed by atoms with Gasteiger partial charge in [0.1, 0.15) is 12.1 Å². The number of nitrogens with one attached hydrogen (secondary N) is 3. The Morgan fingerprint density at radius 1 is 0.253 bits per heavy atom. The lowest BCUT2D eigenvalue weighted by Gasteiger charge is -2.20. The highest BCUT2D eigenvalue weighted by molar-refractivity contribution is 7.99. The normalized spacial score (nSPS) is 12.2. The Labute approximate surface area is 879 Å². The van der Waals surface area contributed by atoms with Crippen molar-refractivity contribution in [2.24, 2.45) is 11.5 Å². The molecule has 0 aliphatic carbocycles. The highest BCUT2D eigenvalue weighted by Gasteiger charge is 2.25. The van der Waals surface area contributed by atoms with E-state index in [1.54, 1.807) is 0 Å². The minimum Gasteiger partial charge on any atom is -0.466 e. The molecule has 4 amide bonds. The molecule has 42 nitrogen and oxygen atoms in total. The van der Waals surface area contributed by atoms with E-state index in [9.17, 15) is 33.9 Å². The molecule has 0 aromatic heterocycles. The first-order valence-corrected chi connectivity index (χ1v) is 55.8. The summed E-state index contributed by atoms with van der Waals surface area (Å²) in [6, 6.07) is -2.23. The lowest BCUT2D eigenvalue weighted by Crippen LogP contribution is -2.54. The number of carbonyl (C=O) groups is 6. The second-order valence-electron chi connectivity index (χ2n) is 33.9. The van der Waals surface area contributed by atoms with Gasteiger partial charge in [0, 0.05) is 43.7 Å². The van der Waals surface area contributed by atoms with Gasteiger partial charge in [-0.2, -0.15) is 11.8 Å². The number of nitrogens with two attached hydrogens (primary N) is 2. The van der Waals surface area contributed by atoms with Crippen molar-refractivity contribution in [1.29, 1.82) is 0 Å². The number of rotatable bonds is 129. The van der Waals surface area contributed by atoms with E-state index in [-0.39, 0.29) is 69.5 Å². The van der Waals surface area contributed by atoms with Crippen LogP contribution in [0, 0.1) is 0 Å². The number of hydrogen-bond acceptors (Lipinski definition) is 39. The average molecular weight is 2130 g/mol. The van der Waals surface area contributed by atoms with Gasteiger partial charge in [0.25, 0.3) is 0 Å². The predicted octanol–water partition coefficient (Wildman–Crippen LogP) is 7.90. The van der Waals surface area contributed by atoms with Crippen LogP contribution in [0.25, 0.3) is 0 Å². The van der Waals surface area contributed by atoms with Crippen LogP contribution in [0.3, 0.4) is 0 Å². The number of thioether (sulfide) groups is 1. The number of primary amides is 1. The Morgan fingerprint density at radius 3 is 0.705 bits per heavy atom. The molecular formula is C103H201N5O37S. The topological polar surface area (TPSA) is 488 Å². The Hall–Kier alpha value is -4.03. The minimum atomic E-state index is -1.22. The van der Waals surface area contributed by atoms with Gasteiger partial charge < -0.3 is 175 Å². The summed E-state index contributed by atoms with van der Waals surface area (Å²) in [7, 11) is 0. The maximum Gasteiger partial charge on any atom is 0.306 e. The highest BCUT2D eigenvalue weighted by Crippen LogP contribution is 2.18. The summed E-state index contributed by atoms with van der Waals surface area (Å²) < 4.78 is 166. The van der Waals surface area contributed by atoms with E-state index in [1.165, 1.54) is 140 Å². The smallest absolute Gasteiger partial charge is 0.306 e. The van der Waals surface area contributed by atoms with Crippen LogP contribution in [0.5, 0.6) is 0 Å². The summed E-state index contributed by atoms with van der Waals surface area (Å²) in [6.07, 6.45) is 32.2. The molecule has 0 bridgehead atoms. The van der Waals surface area contributed by atoms with Crippen molar-refractivity contribution in [3.8, 4) is 0 Å². The molecule has 0 aromatic rings. The Bertz CT molecular complexity index is 2670. The molecular weight excluding hydrogens is 1930 g/mol. The van der Waals surface area contributed by atoms with Crippen LogP contribution in [0.4, 0.5) is 0 Å². The molecule has 0 aliphatic heterocycles. The molecule has 0 radical (unpaired) electrons. The molecule has 3 atom stereocenters. The van der Waals surface area contributed by atoms with Crippen molar-refractivity contribution < 1.29 is 176 Å². The van der Waals surface area contributed by atoms with Crippen LogP contribution in [0.1, 0.15) is 206 Å². The van der Waals surface area contributed by atoms with Crippen molar-refractivity contribution >= 4 is 47.3 Å². The number of ether oxygens (including phenoxy) is 30. The predicted molar refractivity (Wildman–Crippen MR) is 553 cm³/mol. The van der Waals surface area contributed by atoms with Gasteiger partial charge in [-0.15, -0.1) is 0 Å². The van der Waals surface area contributed by atoms with Gasteiger partial charge in [-0.1, -0.05) is 168 Å². The first-order valence-electron chi connectivity index (χ1n) is 54.6. The van der Waals surface area contributed by atoms with Crippen molar-refractivity contribution in [3.63, 3.8) is 0 Å². The van der Waals surface area contributed by atoms with Gasteiger partial charge in [0.05, 0.1) is 396 Å². The van der Waals surface area contributed by atoms with E-state index in [1.807, 2.05) is 0 Å². The summed E-state index contributed by atoms with van der Waals surface area (Å²) in [4.78, 5) is 73.8. The number of amides is 4. The van der Waals surface area contributed by atoms with Crippen molar-refractivity contribution in [2.75, 3.05) is 408 Å². The average Bonchev–Trinajstić information content (AvgIpc) is 0.906. The molecule has 0 saturated heterocycles. The molecule has 0 aliphatic rings. The fourth-order valence-corrected chi connectivity index (χ4v) is 14.1. The summed E-state index contributed by atoms with van der Waals surface area (Å²) in [5.74, 6) is -2.13. The molecule has 0 saturated carbocycles. The second-order valence-corrected chi connectivity index (χ2v) is 35.0. The lowest BCUT2D eigenvalue weighted by atomic mass is 10.0. The second kappa shape index (κ2) is 124. The molecule has 8 N–H and O–H groups in total. The van der Waals surface area contributed by atoms with Gasteiger partial charge in [0.15, 0.2) is 0 Å². The molecule has 0 heterocycles. The number of aliphatic hydroxyl groups is 1. The molecule has 0 rings (SSSR count). The zero-order valence-electron chi connectivity index (χ0n) is 90.0. The van der Waals surface area contributed by atoms with E-state index in [0.29, 0.717) is 375 Å². The summed E-state index contributed by atoms with van der Waals surface area (Å²) in [5, 5.41) is 17.6. The minimum absolute atomic E-state index is 0.117. The summed E-state index contributed by atoms with van der Waals surface area (Å²) in [5.41, 5.74) is 11.2. The van der Waals surface area contributed by atoms with Crippen LogP contribution >= 0.6 is 11.8 Å². The third-order valence-electron chi connectivity index (χ3n) is 21.2.